The van der Waals surface area contributed by atoms with Crippen molar-refractivity contribution in [2.75, 3.05) is 0 Å². The molecule has 0 bridgehead atoms. The third kappa shape index (κ3) is 5.88. The molecule has 1 aromatic carbocycles. The standard InChI is InChI=1S/C11H12F3NO2.ClH/c1-7(16)17-9-4-2-3-8(5-9)10(15)6-11(12,13)14;/h2-5,10H,6,15H2,1H3;1H/t10-;/m0./s1. The number of rotatable bonds is 3. The van der Waals surface area contributed by atoms with E-state index in [-0.39, 0.29) is 23.7 Å². The predicted molar refractivity (Wildman–Crippen MR) is 62.6 cm³/mol. The van der Waals surface area contributed by atoms with Crippen LogP contribution in [0.25, 0.3) is 0 Å². The average Bonchev–Trinajstić information content (AvgIpc) is 2.14. The minimum Gasteiger partial charge on any atom is -0.427 e. The van der Waals surface area contributed by atoms with Crippen LogP contribution >= 0.6 is 12.4 Å². The zero-order valence-electron chi connectivity index (χ0n) is 9.53. The summed E-state index contributed by atoms with van der Waals surface area (Å²) in [5.41, 5.74) is 5.70. The van der Waals surface area contributed by atoms with Crippen molar-refractivity contribution in [3.63, 3.8) is 0 Å². The van der Waals surface area contributed by atoms with E-state index in [4.69, 9.17) is 10.5 Å². The van der Waals surface area contributed by atoms with E-state index >= 15 is 0 Å². The van der Waals surface area contributed by atoms with Crippen molar-refractivity contribution in [2.45, 2.75) is 25.6 Å². The fourth-order valence-electron chi connectivity index (χ4n) is 1.34. The average molecular weight is 284 g/mol. The lowest BCUT2D eigenvalue weighted by Crippen LogP contribution is -2.20. The van der Waals surface area contributed by atoms with Crippen molar-refractivity contribution in [2.24, 2.45) is 5.73 Å². The maximum Gasteiger partial charge on any atom is 0.390 e. The number of carbonyl (C=O) groups excluding carboxylic acids is 1. The molecule has 1 aromatic rings. The lowest BCUT2D eigenvalue weighted by Gasteiger charge is -2.15. The van der Waals surface area contributed by atoms with Crippen LogP contribution in [0.2, 0.25) is 0 Å². The highest BCUT2D eigenvalue weighted by molar-refractivity contribution is 5.85. The van der Waals surface area contributed by atoms with E-state index in [2.05, 4.69) is 0 Å². The summed E-state index contributed by atoms with van der Waals surface area (Å²) >= 11 is 0. The largest absolute Gasteiger partial charge is 0.427 e. The van der Waals surface area contributed by atoms with Gasteiger partial charge in [-0.3, -0.25) is 4.79 Å². The van der Waals surface area contributed by atoms with E-state index in [9.17, 15) is 18.0 Å². The van der Waals surface area contributed by atoms with Crippen LogP contribution in [0.1, 0.15) is 24.9 Å². The molecule has 18 heavy (non-hydrogen) atoms. The third-order valence-corrected chi connectivity index (χ3v) is 2.00. The van der Waals surface area contributed by atoms with Crippen molar-refractivity contribution < 1.29 is 22.7 Å². The highest BCUT2D eigenvalue weighted by Gasteiger charge is 2.30. The van der Waals surface area contributed by atoms with Gasteiger partial charge in [0.05, 0.1) is 6.42 Å². The molecule has 0 heterocycles. The second-order valence-electron chi connectivity index (χ2n) is 3.59. The summed E-state index contributed by atoms with van der Waals surface area (Å²) in [5.74, 6) is -0.348. The van der Waals surface area contributed by atoms with Crippen molar-refractivity contribution in [1.82, 2.24) is 0 Å². The molecule has 0 aliphatic rings. The van der Waals surface area contributed by atoms with Gasteiger partial charge >= 0.3 is 12.1 Å². The number of hydrogen-bond acceptors (Lipinski definition) is 3. The molecular weight excluding hydrogens is 271 g/mol. The maximum atomic E-state index is 12.1. The number of esters is 1. The van der Waals surface area contributed by atoms with Crippen LogP contribution in [0.5, 0.6) is 5.75 Å². The van der Waals surface area contributed by atoms with E-state index in [0.717, 1.165) is 0 Å². The summed E-state index contributed by atoms with van der Waals surface area (Å²) in [7, 11) is 0. The lowest BCUT2D eigenvalue weighted by molar-refractivity contribution is -0.138. The Morgan fingerprint density at radius 2 is 2.06 bits per heavy atom. The van der Waals surface area contributed by atoms with Gasteiger partial charge in [0.1, 0.15) is 5.75 Å². The van der Waals surface area contributed by atoms with Gasteiger partial charge in [-0.05, 0) is 17.7 Å². The Bertz CT molecular complexity index is 410. The predicted octanol–water partition coefficient (Wildman–Crippen LogP) is 2.99. The molecule has 0 radical (unpaired) electrons. The van der Waals surface area contributed by atoms with Crippen molar-refractivity contribution in [3.05, 3.63) is 29.8 Å². The van der Waals surface area contributed by atoms with Gasteiger partial charge in [0.15, 0.2) is 0 Å². The number of halogens is 4. The number of nitrogens with two attached hydrogens (primary N) is 1. The Morgan fingerprint density at radius 1 is 1.44 bits per heavy atom. The van der Waals surface area contributed by atoms with Crippen molar-refractivity contribution in [3.8, 4) is 5.75 Å². The molecule has 0 saturated heterocycles. The van der Waals surface area contributed by atoms with E-state index < -0.39 is 24.6 Å². The number of carbonyl (C=O) groups is 1. The second kappa shape index (κ2) is 6.61. The molecule has 3 nitrogen and oxygen atoms in total. The summed E-state index contributed by atoms with van der Waals surface area (Å²) in [6, 6.07) is 4.60. The van der Waals surface area contributed by atoms with Crippen LogP contribution in [0.4, 0.5) is 13.2 Å². The van der Waals surface area contributed by atoms with Gasteiger partial charge in [0, 0.05) is 13.0 Å². The molecule has 1 rings (SSSR count). The highest BCUT2D eigenvalue weighted by atomic mass is 35.5. The normalized spacial score (nSPS) is 12.5. The summed E-state index contributed by atoms with van der Waals surface area (Å²) in [4.78, 5) is 10.7. The van der Waals surface area contributed by atoms with Crippen LogP contribution in [-0.2, 0) is 4.79 Å². The SMILES string of the molecule is CC(=O)Oc1cccc([C@@H](N)CC(F)(F)F)c1.Cl. The Morgan fingerprint density at radius 3 is 2.56 bits per heavy atom. The van der Waals surface area contributed by atoms with Crippen LogP contribution < -0.4 is 10.5 Å². The molecule has 0 aliphatic carbocycles. The molecule has 0 fully saturated rings. The van der Waals surface area contributed by atoms with Gasteiger partial charge in [-0.15, -0.1) is 12.4 Å². The quantitative estimate of drug-likeness (QED) is 0.685. The van der Waals surface area contributed by atoms with Gasteiger partial charge in [-0.25, -0.2) is 0 Å². The molecule has 1 atom stereocenters. The minimum absolute atomic E-state index is 0. The number of benzene rings is 1. The fourth-order valence-corrected chi connectivity index (χ4v) is 1.34. The van der Waals surface area contributed by atoms with Gasteiger partial charge in [0.2, 0.25) is 0 Å². The number of ether oxygens (including phenoxy) is 1. The fraction of sp³-hybridized carbons (Fsp3) is 0.364. The molecule has 0 spiro atoms. The van der Waals surface area contributed by atoms with Crippen LogP contribution in [0.3, 0.4) is 0 Å². The Balaban J connectivity index is 0.00000289. The lowest BCUT2D eigenvalue weighted by atomic mass is 10.0. The van der Waals surface area contributed by atoms with E-state index in [1.54, 1.807) is 0 Å². The summed E-state index contributed by atoms with van der Waals surface area (Å²) in [6.45, 7) is 1.21. The van der Waals surface area contributed by atoms with Crippen LogP contribution in [0, 0.1) is 0 Å². The molecular formula is C11H13ClF3NO2. The topological polar surface area (TPSA) is 52.3 Å². The third-order valence-electron chi connectivity index (χ3n) is 2.00. The van der Waals surface area contributed by atoms with Crippen LogP contribution in [0.15, 0.2) is 24.3 Å². The monoisotopic (exact) mass is 283 g/mol. The molecule has 0 saturated carbocycles. The highest BCUT2D eigenvalue weighted by Crippen LogP contribution is 2.29. The Hall–Kier alpha value is -1.27. The number of hydrogen-bond donors (Lipinski definition) is 1. The molecule has 0 aromatic heterocycles. The maximum absolute atomic E-state index is 12.1. The van der Waals surface area contributed by atoms with Crippen molar-refractivity contribution in [1.29, 1.82) is 0 Å². The zero-order valence-corrected chi connectivity index (χ0v) is 10.3. The molecule has 0 aliphatic heterocycles. The van der Waals surface area contributed by atoms with Gasteiger partial charge in [-0.1, -0.05) is 12.1 Å². The van der Waals surface area contributed by atoms with E-state index in [0.29, 0.717) is 0 Å². The minimum atomic E-state index is -4.32. The zero-order chi connectivity index (χ0) is 13.1. The van der Waals surface area contributed by atoms with E-state index in [1.165, 1.54) is 31.2 Å². The van der Waals surface area contributed by atoms with Gasteiger partial charge in [-0.2, -0.15) is 13.2 Å². The van der Waals surface area contributed by atoms with Crippen molar-refractivity contribution >= 4 is 18.4 Å². The van der Waals surface area contributed by atoms with Gasteiger partial charge < -0.3 is 10.5 Å². The Labute approximate surface area is 109 Å². The summed E-state index contributed by atoms with van der Waals surface area (Å²) in [5, 5.41) is 0. The summed E-state index contributed by atoms with van der Waals surface area (Å²) in [6.07, 6.45) is -5.44. The first kappa shape index (κ1) is 16.7. The Kier molecular flexibility index (Phi) is 6.14. The van der Waals surface area contributed by atoms with E-state index in [1.807, 2.05) is 0 Å². The number of alkyl halides is 3. The second-order valence-corrected chi connectivity index (χ2v) is 3.59. The van der Waals surface area contributed by atoms with Crippen LogP contribution in [-0.4, -0.2) is 12.1 Å². The molecule has 2 N–H and O–H groups in total. The first-order valence-electron chi connectivity index (χ1n) is 4.88. The molecule has 0 unspecified atom stereocenters. The van der Waals surface area contributed by atoms with Gasteiger partial charge in [0.25, 0.3) is 0 Å². The first-order chi connectivity index (χ1) is 7.78. The first-order valence-corrected chi connectivity index (χ1v) is 4.88. The molecule has 102 valence electrons. The molecule has 0 amide bonds. The smallest absolute Gasteiger partial charge is 0.390 e. The molecule has 7 heteroatoms. The summed E-state index contributed by atoms with van der Waals surface area (Å²) < 4.78 is 41.2.